The van der Waals surface area contributed by atoms with Crippen LogP contribution in [0.4, 0.5) is 15.8 Å². The summed E-state index contributed by atoms with van der Waals surface area (Å²) in [5.74, 6) is -2.32. The van der Waals surface area contributed by atoms with Crippen LogP contribution in [0.15, 0.2) is 48.5 Å². The lowest BCUT2D eigenvalue weighted by atomic mass is 10.1. The van der Waals surface area contributed by atoms with E-state index < -0.39 is 46.0 Å². The van der Waals surface area contributed by atoms with Crippen LogP contribution in [-0.2, 0) is 25.2 Å². The fourth-order valence-corrected chi connectivity index (χ4v) is 5.00. The summed E-state index contributed by atoms with van der Waals surface area (Å²) in [5.41, 5.74) is 0.690. The van der Waals surface area contributed by atoms with Gasteiger partial charge in [0.25, 0.3) is 0 Å². The molecule has 2 aromatic rings. The van der Waals surface area contributed by atoms with Gasteiger partial charge in [0.15, 0.2) is 0 Å². The monoisotopic (exact) mass is 517 g/mol. The van der Waals surface area contributed by atoms with Crippen LogP contribution < -0.4 is 20.3 Å². The van der Waals surface area contributed by atoms with Crippen LogP contribution in [0.1, 0.15) is 39.5 Å². The summed E-state index contributed by atoms with van der Waals surface area (Å²) in [5, 5.41) is 5.59. The van der Waals surface area contributed by atoms with E-state index in [1.165, 1.54) is 18.2 Å². The number of carbonyl (C=O) groups is 3. The number of benzene rings is 2. The molecule has 2 N–H and O–H groups in total. The molecule has 1 aliphatic carbocycles. The zero-order valence-corrected chi connectivity index (χ0v) is 21.3. The molecule has 2 atom stereocenters. The normalized spacial score (nSPS) is 15.1. The van der Waals surface area contributed by atoms with Crippen LogP contribution in [0.5, 0.6) is 5.75 Å². The lowest BCUT2D eigenvalue weighted by Crippen LogP contribution is -2.51. The fourth-order valence-electron chi connectivity index (χ4n) is 4.12. The third-order valence-electron chi connectivity index (χ3n) is 5.85. The Bertz CT molecular complexity index is 1090. The van der Waals surface area contributed by atoms with Gasteiger partial charge in [-0.3, -0.25) is 23.5 Å². The first kappa shape index (κ1) is 27.3. The topological polar surface area (TPSA) is 105 Å². The number of amides is 3. The molecule has 3 amide bonds. The van der Waals surface area contributed by atoms with Gasteiger partial charge in [-0.15, -0.1) is 0 Å². The quantitative estimate of drug-likeness (QED) is 0.476. The highest BCUT2D eigenvalue weighted by Gasteiger charge is 2.30. The van der Waals surface area contributed by atoms with Crippen molar-refractivity contribution in [1.82, 2.24) is 5.32 Å². The molecule has 1 saturated carbocycles. The van der Waals surface area contributed by atoms with Crippen LogP contribution in [0, 0.1) is 5.82 Å². The molecule has 0 spiro atoms. The van der Waals surface area contributed by atoms with E-state index in [-0.39, 0.29) is 17.6 Å². The average molecular weight is 518 g/mol. The minimum Gasteiger partial charge on any atom is -0.494 e. The molecular formula is C26H32FN3O5S. The van der Waals surface area contributed by atoms with Crippen molar-refractivity contribution in [3.63, 3.8) is 0 Å². The largest absolute Gasteiger partial charge is 0.494 e. The molecule has 0 bridgehead atoms. The number of hydrogen-bond donors (Lipinski definition) is 2. The molecule has 8 nitrogen and oxygen atoms in total. The number of nitrogens with zero attached hydrogens (tertiary/aromatic N) is 1. The molecular weight excluding hydrogens is 485 g/mol. The van der Waals surface area contributed by atoms with Gasteiger partial charge in [0, 0.05) is 28.2 Å². The second-order valence-corrected chi connectivity index (χ2v) is 10.1. The lowest BCUT2D eigenvalue weighted by molar-refractivity contribution is -0.125. The van der Waals surface area contributed by atoms with Crippen molar-refractivity contribution >= 4 is 39.9 Å². The van der Waals surface area contributed by atoms with E-state index in [1.54, 1.807) is 31.2 Å². The number of hydrogen-bond acceptors (Lipinski definition) is 5. The first-order chi connectivity index (χ1) is 17.3. The van der Waals surface area contributed by atoms with Crippen molar-refractivity contribution in [3.8, 4) is 5.75 Å². The summed E-state index contributed by atoms with van der Waals surface area (Å²) >= 11 is 0. The molecule has 1 fully saturated rings. The van der Waals surface area contributed by atoms with Crippen LogP contribution in [0.3, 0.4) is 0 Å². The highest BCUT2D eigenvalue weighted by molar-refractivity contribution is 7.86. The van der Waals surface area contributed by atoms with Crippen molar-refractivity contribution in [1.29, 1.82) is 0 Å². The molecule has 2 aromatic carbocycles. The minimum atomic E-state index is -1.85. The molecule has 0 radical (unpaired) electrons. The van der Waals surface area contributed by atoms with Crippen molar-refractivity contribution in [2.24, 2.45) is 0 Å². The van der Waals surface area contributed by atoms with Gasteiger partial charge in [-0.25, -0.2) is 4.39 Å². The van der Waals surface area contributed by atoms with Gasteiger partial charge in [-0.05, 0) is 69.2 Å². The first-order valence-electron chi connectivity index (χ1n) is 12.0. The summed E-state index contributed by atoms with van der Waals surface area (Å²) in [6.45, 7) is 3.94. The minimum absolute atomic E-state index is 0.0461. The van der Waals surface area contributed by atoms with Crippen LogP contribution in [-0.4, -0.2) is 52.1 Å². The molecule has 0 unspecified atom stereocenters. The predicted octanol–water partition coefficient (Wildman–Crippen LogP) is 3.39. The fraction of sp³-hybridized carbons (Fsp3) is 0.423. The van der Waals surface area contributed by atoms with Crippen LogP contribution in [0.25, 0.3) is 0 Å². The Kier molecular flexibility index (Phi) is 9.98. The van der Waals surface area contributed by atoms with Gasteiger partial charge in [0.1, 0.15) is 29.1 Å². The number of carbonyl (C=O) groups excluding carboxylic acids is 3. The molecule has 0 saturated heterocycles. The SMILES string of the molecule is CCOc1ccc(NC(=O)C[S@](=O)CC(=O)N(c2cccc(F)c2)[C@H](C)C(=O)NC2CCCC2)cc1. The Labute approximate surface area is 213 Å². The maximum absolute atomic E-state index is 13.9. The Morgan fingerprint density at radius 1 is 1.11 bits per heavy atom. The molecule has 0 aromatic heterocycles. The summed E-state index contributed by atoms with van der Waals surface area (Å²) in [7, 11) is -1.85. The molecule has 10 heteroatoms. The summed E-state index contributed by atoms with van der Waals surface area (Å²) < 4.78 is 32.0. The molecule has 36 heavy (non-hydrogen) atoms. The molecule has 0 aliphatic heterocycles. The summed E-state index contributed by atoms with van der Waals surface area (Å²) in [6.07, 6.45) is 3.81. The van der Waals surface area contributed by atoms with E-state index in [0.29, 0.717) is 18.0 Å². The van der Waals surface area contributed by atoms with Crippen molar-refractivity contribution in [2.75, 3.05) is 28.3 Å². The summed E-state index contributed by atoms with van der Waals surface area (Å²) in [4.78, 5) is 39.6. The first-order valence-corrected chi connectivity index (χ1v) is 13.5. The third-order valence-corrected chi connectivity index (χ3v) is 7.00. The second kappa shape index (κ2) is 13.2. The zero-order valence-electron chi connectivity index (χ0n) is 20.5. The van der Waals surface area contributed by atoms with Gasteiger partial charge in [-0.1, -0.05) is 18.9 Å². The highest BCUT2D eigenvalue weighted by Crippen LogP contribution is 2.22. The number of rotatable bonds is 11. The van der Waals surface area contributed by atoms with E-state index in [9.17, 15) is 23.0 Å². The highest BCUT2D eigenvalue weighted by atomic mass is 32.2. The zero-order chi connectivity index (χ0) is 26.1. The van der Waals surface area contributed by atoms with E-state index >= 15 is 0 Å². The van der Waals surface area contributed by atoms with Crippen molar-refractivity contribution in [2.45, 2.75) is 51.6 Å². The Hall–Kier alpha value is -3.27. The van der Waals surface area contributed by atoms with Crippen LogP contribution in [0.2, 0.25) is 0 Å². The number of nitrogens with one attached hydrogen (secondary N) is 2. The van der Waals surface area contributed by atoms with Gasteiger partial charge < -0.3 is 15.4 Å². The van der Waals surface area contributed by atoms with Gasteiger partial charge >= 0.3 is 0 Å². The number of anilines is 2. The maximum atomic E-state index is 13.9. The third kappa shape index (κ3) is 7.87. The Morgan fingerprint density at radius 3 is 2.44 bits per heavy atom. The van der Waals surface area contributed by atoms with Gasteiger partial charge in [0.05, 0.1) is 6.61 Å². The van der Waals surface area contributed by atoms with Crippen molar-refractivity contribution in [3.05, 3.63) is 54.3 Å². The smallest absolute Gasteiger partial charge is 0.243 e. The Morgan fingerprint density at radius 2 is 1.81 bits per heavy atom. The van der Waals surface area contributed by atoms with Crippen LogP contribution >= 0.6 is 0 Å². The van der Waals surface area contributed by atoms with E-state index in [2.05, 4.69) is 10.6 Å². The van der Waals surface area contributed by atoms with E-state index in [0.717, 1.165) is 36.6 Å². The average Bonchev–Trinajstić information content (AvgIpc) is 3.33. The summed E-state index contributed by atoms with van der Waals surface area (Å²) in [6, 6.07) is 11.2. The lowest BCUT2D eigenvalue weighted by Gasteiger charge is -2.29. The van der Waals surface area contributed by atoms with Crippen molar-refractivity contribution < 1.29 is 27.7 Å². The van der Waals surface area contributed by atoms with E-state index in [1.807, 2.05) is 6.92 Å². The van der Waals surface area contributed by atoms with E-state index in [4.69, 9.17) is 4.74 Å². The second-order valence-electron chi connectivity index (χ2n) is 8.64. The number of ether oxygens (including phenoxy) is 1. The van der Waals surface area contributed by atoms with Gasteiger partial charge in [0.2, 0.25) is 17.7 Å². The van der Waals surface area contributed by atoms with Gasteiger partial charge in [-0.2, -0.15) is 0 Å². The molecule has 3 rings (SSSR count). The molecule has 194 valence electrons. The Balaban J connectivity index is 1.64. The molecule has 0 heterocycles. The predicted molar refractivity (Wildman–Crippen MR) is 138 cm³/mol. The number of halogens is 1. The maximum Gasteiger partial charge on any atom is 0.243 e. The molecule has 1 aliphatic rings. The standard InChI is InChI=1S/C26H32FN3O5S/c1-3-35-23-13-11-21(12-14-23)28-24(31)16-36(34)17-25(32)30(22-10-6-7-19(27)15-22)18(2)26(33)29-20-8-4-5-9-20/h6-7,10-15,18,20H,3-5,8-9,16-17H2,1-2H3,(H,28,31)(H,29,33)/t18-,36+/m1/s1.